The Hall–Kier alpha value is -3.23. The van der Waals surface area contributed by atoms with Gasteiger partial charge in [-0.05, 0) is 90.9 Å². The van der Waals surface area contributed by atoms with E-state index in [9.17, 15) is 5.11 Å². The van der Waals surface area contributed by atoms with Crippen molar-refractivity contribution in [2.75, 3.05) is 0 Å². The highest BCUT2D eigenvalue weighted by Crippen LogP contribution is 2.57. The van der Waals surface area contributed by atoms with E-state index in [1.807, 2.05) is 0 Å². The van der Waals surface area contributed by atoms with Crippen molar-refractivity contribution < 1.29 is 5.11 Å². The van der Waals surface area contributed by atoms with E-state index >= 15 is 0 Å². The van der Waals surface area contributed by atoms with Gasteiger partial charge in [0.1, 0.15) is 5.75 Å². The van der Waals surface area contributed by atoms with Gasteiger partial charge in [-0.3, -0.25) is 0 Å². The molecule has 1 nitrogen and oxygen atoms in total. The van der Waals surface area contributed by atoms with Gasteiger partial charge < -0.3 is 5.11 Å². The number of benzene rings is 6. The molecule has 1 heterocycles. The van der Waals surface area contributed by atoms with E-state index in [1.54, 1.807) is 11.8 Å². The summed E-state index contributed by atoms with van der Waals surface area (Å²) in [5.41, 5.74) is 0. The zero-order valence-electron chi connectivity index (χ0n) is 14.9. The molecule has 0 unspecified atom stereocenters. The molecule has 130 valence electrons. The standard InChI is InChI=1S/C26H14OS/c27-25-23-13-22-17(10-20(23)12-24-26(25)28-24)6-5-16-9-18-7-14-3-1-2-4-15(14)8-19(18)11-21(16)22/h1-13,27H. The predicted molar refractivity (Wildman–Crippen MR) is 120 cm³/mol. The van der Waals surface area contributed by atoms with Crippen LogP contribution in [0, 0.1) is 0 Å². The molecule has 0 fully saturated rings. The third-order valence-electron chi connectivity index (χ3n) is 5.98. The minimum atomic E-state index is 0.434. The molecule has 6 aromatic carbocycles. The fraction of sp³-hybridized carbons (Fsp3) is 0. The number of hydrogen-bond donors (Lipinski definition) is 1. The lowest BCUT2D eigenvalue weighted by molar-refractivity contribution is 0.469. The zero-order chi connectivity index (χ0) is 18.4. The molecule has 0 atom stereocenters. The molecule has 2 heteroatoms. The van der Waals surface area contributed by atoms with Gasteiger partial charge in [-0.15, -0.1) is 0 Å². The first-order chi connectivity index (χ1) is 13.7. The Balaban J connectivity index is 1.63. The number of phenolic OH excluding ortho intramolecular Hbond substituents is 1. The maximum absolute atomic E-state index is 10.6. The first kappa shape index (κ1) is 14.8. The van der Waals surface area contributed by atoms with Crippen LogP contribution in [-0.2, 0) is 0 Å². The van der Waals surface area contributed by atoms with E-state index in [0.717, 1.165) is 15.7 Å². The molecule has 1 aliphatic heterocycles. The average Bonchev–Trinajstić information content (AvgIpc) is 3.49. The highest BCUT2D eigenvalue weighted by atomic mass is 32.2. The molecule has 0 bridgehead atoms. The van der Waals surface area contributed by atoms with Gasteiger partial charge >= 0.3 is 0 Å². The third kappa shape index (κ3) is 1.93. The van der Waals surface area contributed by atoms with Gasteiger partial charge in [-0.25, -0.2) is 0 Å². The summed E-state index contributed by atoms with van der Waals surface area (Å²) in [6.45, 7) is 0. The fourth-order valence-electron chi connectivity index (χ4n) is 4.50. The quantitative estimate of drug-likeness (QED) is 0.167. The minimum Gasteiger partial charge on any atom is -0.506 e. The predicted octanol–water partition coefficient (Wildman–Crippen LogP) is 7.62. The van der Waals surface area contributed by atoms with Gasteiger partial charge in [0.2, 0.25) is 0 Å². The van der Waals surface area contributed by atoms with Crippen molar-refractivity contribution in [3.63, 3.8) is 0 Å². The number of hydrogen-bond acceptors (Lipinski definition) is 2. The first-order valence-electron chi connectivity index (χ1n) is 9.41. The Morgan fingerprint density at radius 2 is 1.11 bits per heavy atom. The Labute approximate surface area is 165 Å². The molecule has 1 aliphatic rings. The third-order valence-corrected chi connectivity index (χ3v) is 6.93. The molecule has 0 aliphatic carbocycles. The van der Waals surface area contributed by atoms with Crippen molar-refractivity contribution in [3.8, 4) is 5.75 Å². The fourth-order valence-corrected chi connectivity index (χ4v) is 5.22. The van der Waals surface area contributed by atoms with Crippen molar-refractivity contribution >= 4 is 65.6 Å². The smallest absolute Gasteiger partial charge is 0.138 e. The zero-order valence-corrected chi connectivity index (χ0v) is 15.7. The van der Waals surface area contributed by atoms with Gasteiger partial charge in [-0.2, -0.15) is 0 Å². The van der Waals surface area contributed by atoms with Crippen molar-refractivity contribution in [2.24, 2.45) is 0 Å². The maximum Gasteiger partial charge on any atom is 0.138 e. The van der Waals surface area contributed by atoms with Crippen molar-refractivity contribution in [2.45, 2.75) is 9.79 Å². The van der Waals surface area contributed by atoms with E-state index in [0.29, 0.717) is 5.75 Å². The summed E-state index contributed by atoms with van der Waals surface area (Å²) in [7, 11) is 0. The highest BCUT2D eigenvalue weighted by molar-refractivity contribution is 8.05. The summed E-state index contributed by atoms with van der Waals surface area (Å²) in [4.78, 5) is 2.23. The number of phenols is 1. The molecule has 28 heavy (non-hydrogen) atoms. The van der Waals surface area contributed by atoms with Crippen molar-refractivity contribution in [1.82, 2.24) is 0 Å². The molecule has 0 spiro atoms. The molecule has 7 rings (SSSR count). The van der Waals surface area contributed by atoms with Crippen LogP contribution in [0.2, 0.25) is 0 Å². The summed E-state index contributed by atoms with van der Waals surface area (Å²) in [5, 5.41) is 22.6. The minimum absolute atomic E-state index is 0.434. The number of aromatic hydroxyl groups is 1. The highest BCUT2D eigenvalue weighted by Gasteiger charge is 2.25. The molecule has 0 saturated carbocycles. The van der Waals surface area contributed by atoms with Crippen LogP contribution in [-0.4, -0.2) is 5.11 Å². The lowest BCUT2D eigenvalue weighted by Crippen LogP contribution is -1.82. The lowest BCUT2D eigenvalue weighted by Gasteiger charge is -2.09. The van der Waals surface area contributed by atoms with E-state index in [4.69, 9.17) is 0 Å². The molecule has 6 aromatic rings. The second-order valence-electron chi connectivity index (χ2n) is 7.63. The summed E-state index contributed by atoms with van der Waals surface area (Å²) in [6, 6.07) is 28.6. The van der Waals surface area contributed by atoms with Crippen LogP contribution in [0.1, 0.15) is 0 Å². The molecular weight excluding hydrogens is 360 g/mol. The van der Waals surface area contributed by atoms with Gasteiger partial charge in [0.15, 0.2) is 0 Å². The molecule has 0 aromatic heterocycles. The topological polar surface area (TPSA) is 20.2 Å². The van der Waals surface area contributed by atoms with Crippen molar-refractivity contribution in [3.05, 3.63) is 78.9 Å². The van der Waals surface area contributed by atoms with E-state index in [2.05, 4.69) is 78.9 Å². The van der Waals surface area contributed by atoms with Crippen molar-refractivity contribution in [1.29, 1.82) is 0 Å². The Kier molecular flexibility index (Phi) is 2.63. The molecule has 1 N–H and O–H groups in total. The number of rotatable bonds is 0. The molecule has 0 amide bonds. The van der Waals surface area contributed by atoms with E-state index in [-0.39, 0.29) is 0 Å². The lowest BCUT2D eigenvalue weighted by atomic mass is 9.94. The summed E-state index contributed by atoms with van der Waals surface area (Å²) in [5.74, 6) is 0.434. The monoisotopic (exact) mass is 374 g/mol. The Morgan fingerprint density at radius 1 is 0.500 bits per heavy atom. The van der Waals surface area contributed by atoms with Gasteiger partial charge in [0.25, 0.3) is 0 Å². The van der Waals surface area contributed by atoms with Gasteiger partial charge in [-0.1, -0.05) is 48.2 Å². The normalized spacial score (nSPS) is 13.0. The first-order valence-corrected chi connectivity index (χ1v) is 10.2. The maximum atomic E-state index is 10.6. The van der Waals surface area contributed by atoms with Crippen LogP contribution in [0.5, 0.6) is 5.75 Å². The molecular formula is C26H14OS. The summed E-state index contributed by atoms with van der Waals surface area (Å²) in [6.07, 6.45) is 0. The number of fused-ring (bicyclic) bond motifs is 7. The van der Waals surface area contributed by atoms with E-state index in [1.165, 1.54) is 48.0 Å². The van der Waals surface area contributed by atoms with E-state index < -0.39 is 0 Å². The summed E-state index contributed by atoms with van der Waals surface area (Å²) < 4.78 is 0. The van der Waals surface area contributed by atoms with Gasteiger partial charge in [0, 0.05) is 10.3 Å². The second-order valence-corrected chi connectivity index (χ2v) is 8.69. The van der Waals surface area contributed by atoms with Crippen LogP contribution < -0.4 is 0 Å². The molecule has 0 radical (unpaired) electrons. The summed E-state index contributed by atoms with van der Waals surface area (Å²) >= 11 is 1.67. The molecule has 0 saturated heterocycles. The average molecular weight is 374 g/mol. The Morgan fingerprint density at radius 3 is 1.86 bits per heavy atom. The largest absolute Gasteiger partial charge is 0.506 e. The SMILES string of the molecule is Oc1c2c(cc3cc4ccc5cc6cc7ccccc7cc6cc5c4cc13)S2. The van der Waals surface area contributed by atoms with Crippen LogP contribution in [0.3, 0.4) is 0 Å². The Bertz CT molecular complexity index is 1650. The van der Waals surface area contributed by atoms with Gasteiger partial charge in [0.05, 0.1) is 4.90 Å². The van der Waals surface area contributed by atoms with Crippen LogP contribution in [0.4, 0.5) is 0 Å². The van der Waals surface area contributed by atoms with Crippen LogP contribution in [0.25, 0.3) is 53.9 Å². The van der Waals surface area contributed by atoms with Crippen LogP contribution >= 0.6 is 11.8 Å². The second kappa shape index (κ2) is 4.98. The van der Waals surface area contributed by atoms with Crippen LogP contribution in [0.15, 0.2) is 88.7 Å².